The summed E-state index contributed by atoms with van der Waals surface area (Å²) >= 11 is 0. The molecule has 2 aromatic rings. The molecule has 0 N–H and O–H groups in total. The van der Waals surface area contributed by atoms with Crippen LogP contribution in [-0.2, 0) is 17.8 Å². The van der Waals surface area contributed by atoms with Crippen LogP contribution in [0.4, 0.5) is 0 Å². The maximum Gasteiger partial charge on any atom is 0.373 e. The molecule has 5 nitrogen and oxygen atoms in total. The van der Waals surface area contributed by atoms with Gasteiger partial charge in [-0.2, -0.15) is 0 Å². The van der Waals surface area contributed by atoms with E-state index in [-0.39, 0.29) is 5.76 Å². The van der Waals surface area contributed by atoms with Crippen LogP contribution in [0.25, 0.3) is 0 Å². The summed E-state index contributed by atoms with van der Waals surface area (Å²) in [6, 6.07) is 14.1. The van der Waals surface area contributed by atoms with Crippen molar-refractivity contribution in [2.24, 2.45) is 0 Å². The van der Waals surface area contributed by atoms with Gasteiger partial charge in [0.2, 0.25) is 5.76 Å². The fourth-order valence-electron chi connectivity index (χ4n) is 2.84. The Morgan fingerprint density at radius 2 is 1.65 bits per heavy atom. The SMILES string of the molecule is COC(=O)c1ccc(CN2CCN(Cc3ccccc3)CC2)o1. The molecule has 2 heterocycles. The number of methoxy groups -OCH3 is 1. The average molecular weight is 314 g/mol. The van der Waals surface area contributed by atoms with Crippen LogP contribution in [0.1, 0.15) is 21.9 Å². The topological polar surface area (TPSA) is 45.9 Å². The van der Waals surface area contributed by atoms with Gasteiger partial charge in [0.15, 0.2) is 0 Å². The predicted molar refractivity (Wildman–Crippen MR) is 87.0 cm³/mol. The van der Waals surface area contributed by atoms with Gasteiger partial charge in [-0.05, 0) is 17.7 Å². The van der Waals surface area contributed by atoms with Crippen LogP contribution in [0.3, 0.4) is 0 Å². The Morgan fingerprint density at radius 1 is 1.00 bits per heavy atom. The zero-order valence-corrected chi connectivity index (χ0v) is 13.4. The minimum atomic E-state index is -0.427. The third-order valence-electron chi connectivity index (χ3n) is 4.14. The number of hydrogen-bond acceptors (Lipinski definition) is 5. The molecule has 23 heavy (non-hydrogen) atoms. The first-order valence-electron chi connectivity index (χ1n) is 7.90. The molecule has 0 unspecified atom stereocenters. The highest BCUT2D eigenvalue weighted by atomic mass is 16.5. The van der Waals surface area contributed by atoms with Gasteiger partial charge in [-0.1, -0.05) is 30.3 Å². The summed E-state index contributed by atoms with van der Waals surface area (Å²) in [6.45, 7) is 5.82. The summed E-state index contributed by atoms with van der Waals surface area (Å²) in [7, 11) is 1.36. The quantitative estimate of drug-likeness (QED) is 0.793. The molecule has 122 valence electrons. The molecule has 0 aliphatic carbocycles. The maximum atomic E-state index is 11.4. The molecule has 1 fully saturated rings. The summed E-state index contributed by atoms with van der Waals surface area (Å²) in [4.78, 5) is 16.2. The molecule has 1 aromatic heterocycles. The molecule has 3 rings (SSSR count). The monoisotopic (exact) mass is 314 g/mol. The lowest BCUT2D eigenvalue weighted by atomic mass is 10.2. The average Bonchev–Trinajstić information content (AvgIpc) is 3.05. The van der Waals surface area contributed by atoms with Gasteiger partial charge in [0.05, 0.1) is 13.7 Å². The number of nitrogens with zero attached hydrogens (tertiary/aromatic N) is 2. The van der Waals surface area contributed by atoms with Gasteiger partial charge in [-0.3, -0.25) is 9.80 Å². The fraction of sp³-hybridized carbons (Fsp3) is 0.389. The lowest BCUT2D eigenvalue weighted by Crippen LogP contribution is -2.45. The van der Waals surface area contributed by atoms with Crippen LogP contribution in [0.2, 0.25) is 0 Å². The highest BCUT2D eigenvalue weighted by Gasteiger charge is 2.19. The number of furan rings is 1. The molecule has 0 amide bonds. The molecule has 1 aliphatic rings. The van der Waals surface area contributed by atoms with Crippen LogP contribution < -0.4 is 0 Å². The van der Waals surface area contributed by atoms with Crippen molar-refractivity contribution in [3.8, 4) is 0 Å². The lowest BCUT2D eigenvalue weighted by molar-refractivity contribution is 0.0559. The third kappa shape index (κ3) is 4.21. The highest BCUT2D eigenvalue weighted by molar-refractivity contribution is 5.86. The first-order valence-corrected chi connectivity index (χ1v) is 7.90. The van der Waals surface area contributed by atoms with Gasteiger partial charge in [0, 0.05) is 32.7 Å². The van der Waals surface area contributed by atoms with E-state index in [9.17, 15) is 4.79 Å². The summed E-state index contributed by atoms with van der Waals surface area (Å²) < 4.78 is 10.2. The van der Waals surface area contributed by atoms with E-state index in [0.717, 1.165) is 45.0 Å². The van der Waals surface area contributed by atoms with Crippen LogP contribution in [-0.4, -0.2) is 49.1 Å². The minimum Gasteiger partial charge on any atom is -0.463 e. The second-order valence-electron chi connectivity index (χ2n) is 5.80. The first-order chi connectivity index (χ1) is 11.2. The van der Waals surface area contributed by atoms with Crippen molar-refractivity contribution in [2.75, 3.05) is 33.3 Å². The molecule has 1 saturated heterocycles. The van der Waals surface area contributed by atoms with Crippen molar-refractivity contribution in [1.82, 2.24) is 9.80 Å². The number of hydrogen-bond donors (Lipinski definition) is 0. The Labute approximate surface area is 136 Å². The van der Waals surface area contributed by atoms with Crippen molar-refractivity contribution in [3.63, 3.8) is 0 Å². The van der Waals surface area contributed by atoms with Gasteiger partial charge < -0.3 is 9.15 Å². The van der Waals surface area contributed by atoms with Gasteiger partial charge >= 0.3 is 5.97 Å². The molecule has 0 spiro atoms. The number of carbonyl (C=O) groups excluding carboxylic acids is 1. The minimum absolute atomic E-state index is 0.269. The summed E-state index contributed by atoms with van der Waals surface area (Å²) in [5.41, 5.74) is 1.36. The van der Waals surface area contributed by atoms with E-state index < -0.39 is 5.97 Å². The Kier molecular flexibility index (Phi) is 5.10. The van der Waals surface area contributed by atoms with Crippen molar-refractivity contribution >= 4 is 5.97 Å². The smallest absolute Gasteiger partial charge is 0.373 e. The Hall–Kier alpha value is -2.11. The van der Waals surface area contributed by atoms with E-state index in [0.29, 0.717) is 0 Å². The summed E-state index contributed by atoms with van der Waals surface area (Å²) in [6.07, 6.45) is 0. The van der Waals surface area contributed by atoms with Gasteiger partial charge in [0.1, 0.15) is 5.76 Å². The summed E-state index contributed by atoms with van der Waals surface area (Å²) in [5.74, 6) is 0.649. The van der Waals surface area contributed by atoms with Gasteiger partial charge in [0.25, 0.3) is 0 Å². The van der Waals surface area contributed by atoms with E-state index in [1.165, 1.54) is 12.7 Å². The Bertz CT molecular complexity index is 631. The van der Waals surface area contributed by atoms with E-state index in [4.69, 9.17) is 4.42 Å². The van der Waals surface area contributed by atoms with Crippen molar-refractivity contribution in [3.05, 3.63) is 59.5 Å². The molecule has 1 aliphatic heterocycles. The lowest BCUT2D eigenvalue weighted by Gasteiger charge is -2.34. The van der Waals surface area contributed by atoms with E-state index in [2.05, 4.69) is 38.8 Å². The third-order valence-corrected chi connectivity index (χ3v) is 4.14. The molecule has 0 atom stereocenters. The number of piperazine rings is 1. The second kappa shape index (κ2) is 7.44. The predicted octanol–water partition coefficient (Wildman–Crippen LogP) is 2.38. The maximum absolute atomic E-state index is 11.4. The molecule has 1 aromatic carbocycles. The van der Waals surface area contributed by atoms with E-state index >= 15 is 0 Å². The number of rotatable bonds is 5. The fourth-order valence-corrected chi connectivity index (χ4v) is 2.84. The van der Waals surface area contributed by atoms with Crippen molar-refractivity contribution in [1.29, 1.82) is 0 Å². The molecule has 0 saturated carbocycles. The molecular formula is C18H22N2O3. The summed E-state index contributed by atoms with van der Waals surface area (Å²) in [5, 5.41) is 0. The van der Waals surface area contributed by atoms with Crippen LogP contribution >= 0.6 is 0 Å². The second-order valence-corrected chi connectivity index (χ2v) is 5.80. The molecule has 0 bridgehead atoms. The van der Waals surface area contributed by atoms with Gasteiger partial charge in [-0.15, -0.1) is 0 Å². The number of benzene rings is 1. The van der Waals surface area contributed by atoms with Gasteiger partial charge in [-0.25, -0.2) is 4.79 Å². The van der Waals surface area contributed by atoms with E-state index in [1.807, 2.05) is 12.1 Å². The normalized spacial score (nSPS) is 16.4. The zero-order valence-electron chi connectivity index (χ0n) is 13.4. The number of carbonyl (C=O) groups is 1. The van der Waals surface area contributed by atoms with Crippen LogP contribution in [0, 0.1) is 0 Å². The highest BCUT2D eigenvalue weighted by Crippen LogP contribution is 2.14. The Morgan fingerprint density at radius 3 is 2.30 bits per heavy atom. The molecule has 5 heteroatoms. The van der Waals surface area contributed by atoms with E-state index in [1.54, 1.807) is 6.07 Å². The van der Waals surface area contributed by atoms with Crippen LogP contribution in [0.15, 0.2) is 46.9 Å². The number of ether oxygens (including phenoxy) is 1. The zero-order chi connectivity index (χ0) is 16.1. The number of esters is 1. The largest absolute Gasteiger partial charge is 0.463 e. The van der Waals surface area contributed by atoms with Crippen molar-refractivity contribution in [2.45, 2.75) is 13.1 Å². The standard InChI is InChI=1S/C18H22N2O3/c1-22-18(21)17-8-7-16(23-17)14-20-11-9-19(10-12-20)13-15-5-3-2-4-6-15/h2-8H,9-14H2,1H3. The molecular weight excluding hydrogens is 292 g/mol. The van der Waals surface area contributed by atoms with Crippen LogP contribution in [0.5, 0.6) is 0 Å². The van der Waals surface area contributed by atoms with Crippen molar-refractivity contribution < 1.29 is 13.9 Å². The Balaban J connectivity index is 1.47. The first kappa shape index (κ1) is 15.8. The molecule has 0 radical (unpaired) electrons.